The van der Waals surface area contributed by atoms with Crippen LogP contribution in [0.4, 0.5) is 0 Å². The summed E-state index contributed by atoms with van der Waals surface area (Å²) >= 11 is 0. The van der Waals surface area contributed by atoms with Gasteiger partial charge in [-0.1, -0.05) is 289 Å². The molecule has 0 bridgehead atoms. The highest BCUT2D eigenvalue weighted by atomic mass is 31.2. The molecule has 0 aliphatic heterocycles. The Kier molecular flexibility index (Phi) is 64.2. The summed E-state index contributed by atoms with van der Waals surface area (Å²) in [6.07, 6.45) is 95.2. The fourth-order valence-electron chi connectivity index (χ4n) is 9.07. The standard InChI is InChI=1S/C73H124NO8P/c1-3-5-7-9-11-13-15-17-19-21-23-25-27-29-31-32-33-34-35-36-37-38-40-42-44-46-48-50-52-54-56-58-60-62-64-66-73(76)82-71(70-81-83(77,78)80-68-67-74)69-79-72(75)65-63-61-59-57-55-53-51-49-47-45-43-41-39-30-28-26-24-22-20-18-16-14-12-10-8-6-4-2/h5,7,11,13,16-19,22-25,29,31,33-34,36-37,40,42,46,48,71H,3-4,6,8-10,12,14-15,20-21,26-28,30,32,35,38-39,41,43-45,47,49-70,74H2,1-2H3,(H,77,78)/b7-5-,13-11-,18-16-,19-17-,24-22-,25-23-,31-29-,34-33-,37-36-,42-40-,48-46-. The number of unbranched alkanes of at least 4 members (excludes halogenated alkanes) is 27. The number of hydrogen-bond donors (Lipinski definition) is 2. The Hall–Kier alpha value is -3.85. The molecule has 0 spiro atoms. The lowest BCUT2D eigenvalue weighted by atomic mass is 10.0. The average molecular weight is 1170 g/mol. The molecule has 10 heteroatoms. The summed E-state index contributed by atoms with van der Waals surface area (Å²) in [5.41, 5.74) is 5.40. The minimum atomic E-state index is -4.40. The van der Waals surface area contributed by atoms with E-state index in [1.54, 1.807) is 0 Å². The third kappa shape index (κ3) is 67.2. The molecule has 0 aromatic heterocycles. The van der Waals surface area contributed by atoms with E-state index in [2.05, 4.69) is 148 Å². The average Bonchev–Trinajstić information content (AvgIpc) is 3.48. The Bertz CT molecular complexity index is 1820. The number of esters is 2. The molecule has 0 heterocycles. The van der Waals surface area contributed by atoms with E-state index in [-0.39, 0.29) is 38.6 Å². The van der Waals surface area contributed by atoms with Crippen molar-refractivity contribution in [3.05, 3.63) is 134 Å². The summed E-state index contributed by atoms with van der Waals surface area (Å²) in [5.74, 6) is -0.842. The summed E-state index contributed by atoms with van der Waals surface area (Å²) in [6.45, 7) is 3.62. The molecule has 0 radical (unpaired) electrons. The van der Waals surface area contributed by atoms with Gasteiger partial charge in [-0.05, 0) is 116 Å². The van der Waals surface area contributed by atoms with Crippen LogP contribution >= 0.6 is 7.82 Å². The molecule has 0 aliphatic carbocycles. The van der Waals surface area contributed by atoms with Crippen molar-refractivity contribution in [1.29, 1.82) is 0 Å². The number of phosphoric ester groups is 1. The molecule has 0 aromatic rings. The zero-order chi connectivity index (χ0) is 60.1. The van der Waals surface area contributed by atoms with Gasteiger partial charge in [0.1, 0.15) is 6.61 Å². The fourth-order valence-corrected chi connectivity index (χ4v) is 9.84. The van der Waals surface area contributed by atoms with Crippen LogP contribution in [0.3, 0.4) is 0 Å². The predicted octanol–water partition coefficient (Wildman–Crippen LogP) is 22.1. The molecular weight excluding hydrogens is 1050 g/mol. The number of carbonyl (C=O) groups is 2. The third-order valence-electron chi connectivity index (χ3n) is 14.0. The molecule has 0 fully saturated rings. The van der Waals surface area contributed by atoms with Gasteiger partial charge < -0.3 is 20.1 Å². The molecule has 0 saturated carbocycles. The van der Waals surface area contributed by atoms with Gasteiger partial charge in [-0.15, -0.1) is 0 Å². The van der Waals surface area contributed by atoms with Crippen LogP contribution < -0.4 is 5.73 Å². The number of carbonyl (C=O) groups excluding carboxylic acids is 2. The normalized spacial score (nSPS) is 13.8. The van der Waals surface area contributed by atoms with Crippen molar-refractivity contribution < 1.29 is 37.6 Å². The van der Waals surface area contributed by atoms with Crippen molar-refractivity contribution in [1.82, 2.24) is 0 Å². The maximum atomic E-state index is 12.8. The number of nitrogens with two attached hydrogens (primary N) is 1. The van der Waals surface area contributed by atoms with Crippen molar-refractivity contribution in [2.45, 2.75) is 290 Å². The molecule has 83 heavy (non-hydrogen) atoms. The van der Waals surface area contributed by atoms with E-state index in [0.29, 0.717) is 6.42 Å². The molecule has 474 valence electrons. The maximum Gasteiger partial charge on any atom is 0.472 e. The van der Waals surface area contributed by atoms with E-state index in [4.69, 9.17) is 24.3 Å². The zero-order valence-corrected chi connectivity index (χ0v) is 54.0. The van der Waals surface area contributed by atoms with Crippen LogP contribution in [0.5, 0.6) is 0 Å². The van der Waals surface area contributed by atoms with Crippen molar-refractivity contribution in [2.24, 2.45) is 5.73 Å². The largest absolute Gasteiger partial charge is 0.472 e. The maximum absolute atomic E-state index is 12.8. The minimum absolute atomic E-state index is 0.0456. The Labute approximate surface area is 510 Å². The van der Waals surface area contributed by atoms with Crippen molar-refractivity contribution in [3.63, 3.8) is 0 Å². The lowest BCUT2D eigenvalue weighted by Crippen LogP contribution is -2.29. The second kappa shape index (κ2) is 67.3. The summed E-state index contributed by atoms with van der Waals surface area (Å²) in [4.78, 5) is 35.3. The van der Waals surface area contributed by atoms with Crippen LogP contribution in [-0.4, -0.2) is 49.3 Å². The third-order valence-corrected chi connectivity index (χ3v) is 15.0. The van der Waals surface area contributed by atoms with Crippen LogP contribution in [0.25, 0.3) is 0 Å². The molecule has 0 rings (SSSR count). The van der Waals surface area contributed by atoms with Crippen molar-refractivity contribution in [2.75, 3.05) is 26.4 Å². The number of allylic oxidation sites excluding steroid dienone is 22. The molecule has 0 amide bonds. The second-order valence-corrected chi connectivity index (χ2v) is 23.4. The fraction of sp³-hybridized carbons (Fsp3) is 0.671. The first kappa shape index (κ1) is 79.2. The van der Waals surface area contributed by atoms with Crippen LogP contribution in [0.1, 0.15) is 284 Å². The van der Waals surface area contributed by atoms with Gasteiger partial charge in [0.05, 0.1) is 13.2 Å². The molecule has 9 nitrogen and oxygen atoms in total. The SMILES string of the molecule is CC/C=C\C/C=C\C/C=C\C/C=C\C/C=C\C/C=C\C/C=C\C/C=C\C/C=C\CCCCCCCCCC(=O)OC(COC(=O)CCCCCCCCCCCCCCCCC/C=C\C/C=C\CCCCCCC)COP(=O)(O)OCCN. The van der Waals surface area contributed by atoms with E-state index in [1.807, 2.05) is 0 Å². The van der Waals surface area contributed by atoms with Crippen LogP contribution in [0, 0.1) is 0 Å². The highest BCUT2D eigenvalue weighted by Crippen LogP contribution is 2.43. The van der Waals surface area contributed by atoms with E-state index < -0.39 is 26.5 Å². The first-order chi connectivity index (χ1) is 40.8. The Morgan fingerprint density at radius 1 is 0.373 bits per heavy atom. The first-order valence-electron chi connectivity index (χ1n) is 33.7. The quantitative estimate of drug-likeness (QED) is 0.0264. The van der Waals surface area contributed by atoms with E-state index >= 15 is 0 Å². The molecular formula is C73H124NO8P. The monoisotopic (exact) mass is 1170 g/mol. The van der Waals surface area contributed by atoms with E-state index in [9.17, 15) is 19.0 Å². The van der Waals surface area contributed by atoms with E-state index in [1.165, 1.54) is 141 Å². The van der Waals surface area contributed by atoms with E-state index in [0.717, 1.165) is 109 Å². The van der Waals surface area contributed by atoms with Crippen molar-refractivity contribution in [3.8, 4) is 0 Å². The van der Waals surface area contributed by atoms with Crippen LogP contribution in [0.2, 0.25) is 0 Å². The Balaban J connectivity index is 3.98. The summed E-state index contributed by atoms with van der Waals surface area (Å²) in [6, 6.07) is 0. The predicted molar refractivity (Wildman–Crippen MR) is 357 cm³/mol. The molecule has 0 aromatic carbocycles. The Morgan fingerprint density at radius 3 is 0.988 bits per heavy atom. The highest BCUT2D eigenvalue weighted by molar-refractivity contribution is 7.47. The number of phosphoric acid groups is 1. The molecule has 3 N–H and O–H groups in total. The van der Waals surface area contributed by atoms with Gasteiger partial charge in [0, 0.05) is 19.4 Å². The van der Waals surface area contributed by atoms with Crippen LogP contribution in [-0.2, 0) is 32.7 Å². The smallest absolute Gasteiger partial charge is 0.462 e. The van der Waals surface area contributed by atoms with Gasteiger partial charge in [0.15, 0.2) is 6.10 Å². The van der Waals surface area contributed by atoms with Gasteiger partial charge in [0.25, 0.3) is 0 Å². The first-order valence-corrected chi connectivity index (χ1v) is 35.2. The lowest BCUT2D eigenvalue weighted by Gasteiger charge is -2.19. The van der Waals surface area contributed by atoms with Gasteiger partial charge in [-0.3, -0.25) is 18.6 Å². The van der Waals surface area contributed by atoms with Gasteiger partial charge >= 0.3 is 19.8 Å². The van der Waals surface area contributed by atoms with Gasteiger partial charge in [-0.2, -0.15) is 0 Å². The van der Waals surface area contributed by atoms with Gasteiger partial charge in [0.2, 0.25) is 0 Å². The summed E-state index contributed by atoms with van der Waals surface area (Å²) < 4.78 is 33.1. The van der Waals surface area contributed by atoms with Gasteiger partial charge in [-0.25, -0.2) is 4.57 Å². The highest BCUT2D eigenvalue weighted by Gasteiger charge is 2.26. The number of hydrogen-bond acceptors (Lipinski definition) is 8. The van der Waals surface area contributed by atoms with Crippen molar-refractivity contribution >= 4 is 19.8 Å². The molecule has 2 atom stereocenters. The number of ether oxygens (including phenoxy) is 2. The number of rotatable bonds is 62. The summed E-state index contributed by atoms with van der Waals surface area (Å²) in [7, 11) is -4.40. The summed E-state index contributed by atoms with van der Waals surface area (Å²) in [5, 5.41) is 0. The molecule has 2 unspecified atom stereocenters. The lowest BCUT2D eigenvalue weighted by molar-refractivity contribution is -0.161. The minimum Gasteiger partial charge on any atom is -0.462 e. The topological polar surface area (TPSA) is 134 Å². The molecule has 0 saturated heterocycles. The second-order valence-electron chi connectivity index (χ2n) is 22.0. The molecule has 0 aliphatic rings. The van der Waals surface area contributed by atoms with Crippen LogP contribution in [0.15, 0.2) is 134 Å². The zero-order valence-electron chi connectivity index (χ0n) is 53.1. The Morgan fingerprint density at radius 2 is 0.663 bits per heavy atom.